The number of hydrogen-bond donors (Lipinski definition) is 1. The summed E-state index contributed by atoms with van der Waals surface area (Å²) < 4.78 is 5.77. The van der Waals surface area contributed by atoms with Crippen molar-refractivity contribution in [2.45, 2.75) is 52.5 Å². The van der Waals surface area contributed by atoms with E-state index in [-0.39, 0.29) is 0 Å². The molecule has 0 spiro atoms. The third-order valence-corrected chi connectivity index (χ3v) is 3.35. The number of nitrogens with zero attached hydrogens (tertiary/aromatic N) is 1. The summed E-state index contributed by atoms with van der Waals surface area (Å²) in [4.78, 5) is 0. The highest BCUT2D eigenvalue weighted by Gasteiger charge is 2.21. The summed E-state index contributed by atoms with van der Waals surface area (Å²) in [5.74, 6) is 0.942. The summed E-state index contributed by atoms with van der Waals surface area (Å²) in [6, 6.07) is 8.61. The van der Waals surface area contributed by atoms with Gasteiger partial charge in [-0.2, -0.15) is 5.26 Å². The smallest absolute Gasteiger partial charge is 0.119 e. The van der Waals surface area contributed by atoms with E-state index in [9.17, 15) is 0 Å². The standard InChI is InChI=1S/C17H26N2O/c1-5-19-17(4,13-18)8-6-7-9-20-16-11-14(2)10-15(3)12-16/h10-12,19H,5-9H2,1-4H3. The highest BCUT2D eigenvalue weighted by atomic mass is 16.5. The molecule has 0 amide bonds. The van der Waals surface area contributed by atoms with Crippen molar-refractivity contribution in [2.24, 2.45) is 0 Å². The molecule has 3 nitrogen and oxygen atoms in total. The number of ether oxygens (including phenoxy) is 1. The lowest BCUT2D eigenvalue weighted by Crippen LogP contribution is -2.40. The summed E-state index contributed by atoms with van der Waals surface area (Å²) >= 11 is 0. The maximum Gasteiger partial charge on any atom is 0.119 e. The van der Waals surface area contributed by atoms with Crippen molar-refractivity contribution in [3.05, 3.63) is 29.3 Å². The van der Waals surface area contributed by atoms with Gasteiger partial charge in [-0.25, -0.2) is 0 Å². The quantitative estimate of drug-likeness (QED) is 0.734. The van der Waals surface area contributed by atoms with Crippen LogP contribution < -0.4 is 10.1 Å². The summed E-state index contributed by atoms with van der Waals surface area (Å²) in [6.07, 6.45) is 2.81. The molecule has 1 aromatic carbocycles. The van der Waals surface area contributed by atoms with Crippen LogP contribution in [0.2, 0.25) is 0 Å². The van der Waals surface area contributed by atoms with Crippen LogP contribution in [0.1, 0.15) is 44.2 Å². The van der Waals surface area contributed by atoms with Gasteiger partial charge in [-0.05, 0) is 69.8 Å². The Hall–Kier alpha value is -1.53. The monoisotopic (exact) mass is 274 g/mol. The Morgan fingerprint density at radius 1 is 1.20 bits per heavy atom. The maximum atomic E-state index is 9.17. The van der Waals surface area contributed by atoms with E-state index in [1.54, 1.807) is 0 Å². The predicted octanol–water partition coefficient (Wildman–Crippen LogP) is 3.74. The van der Waals surface area contributed by atoms with Crippen LogP contribution in [-0.4, -0.2) is 18.7 Å². The normalized spacial score (nSPS) is 13.6. The van der Waals surface area contributed by atoms with Crippen LogP contribution in [0.15, 0.2) is 18.2 Å². The zero-order valence-corrected chi connectivity index (χ0v) is 13.1. The molecule has 0 aliphatic rings. The summed E-state index contributed by atoms with van der Waals surface area (Å²) in [7, 11) is 0. The lowest BCUT2D eigenvalue weighted by atomic mass is 9.97. The molecular formula is C17H26N2O. The van der Waals surface area contributed by atoms with Gasteiger partial charge >= 0.3 is 0 Å². The zero-order valence-electron chi connectivity index (χ0n) is 13.1. The molecule has 0 radical (unpaired) electrons. The number of unbranched alkanes of at least 4 members (excludes halogenated alkanes) is 1. The van der Waals surface area contributed by atoms with Gasteiger partial charge in [0.25, 0.3) is 0 Å². The molecule has 110 valence electrons. The molecule has 1 atom stereocenters. The molecule has 0 aliphatic heterocycles. The minimum atomic E-state index is -0.408. The Balaban J connectivity index is 2.30. The summed E-state index contributed by atoms with van der Waals surface area (Å²) in [5, 5.41) is 12.4. The van der Waals surface area contributed by atoms with Gasteiger partial charge < -0.3 is 4.74 Å². The van der Waals surface area contributed by atoms with Crippen LogP contribution in [0, 0.1) is 25.2 Å². The van der Waals surface area contributed by atoms with Crippen LogP contribution in [0.3, 0.4) is 0 Å². The molecule has 1 N–H and O–H groups in total. The van der Waals surface area contributed by atoms with Gasteiger partial charge in [0.2, 0.25) is 0 Å². The number of aryl methyl sites for hydroxylation is 2. The average molecular weight is 274 g/mol. The number of hydrogen-bond acceptors (Lipinski definition) is 3. The number of rotatable bonds is 8. The molecular weight excluding hydrogens is 248 g/mol. The van der Waals surface area contributed by atoms with Crippen molar-refractivity contribution < 1.29 is 4.74 Å². The van der Waals surface area contributed by atoms with Gasteiger partial charge in [0.15, 0.2) is 0 Å². The molecule has 0 aromatic heterocycles. The fraction of sp³-hybridized carbons (Fsp3) is 0.588. The van der Waals surface area contributed by atoms with Gasteiger partial charge in [0, 0.05) is 0 Å². The zero-order chi connectivity index (χ0) is 15.0. The lowest BCUT2D eigenvalue weighted by molar-refractivity contribution is 0.295. The molecule has 0 heterocycles. The Bertz CT molecular complexity index is 444. The topological polar surface area (TPSA) is 45.0 Å². The lowest BCUT2D eigenvalue weighted by Gasteiger charge is -2.22. The van der Waals surface area contributed by atoms with Crippen LogP contribution in [-0.2, 0) is 0 Å². The first-order valence-electron chi connectivity index (χ1n) is 7.36. The van der Waals surface area contributed by atoms with Crippen molar-refractivity contribution in [3.63, 3.8) is 0 Å². The van der Waals surface area contributed by atoms with E-state index in [1.807, 2.05) is 13.8 Å². The van der Waals surface area contributed by atoms with Crippen molar-refractivity contribution in [1.29, 1.82) is 5.26 Å². The summed E-state index contributed by atoms with van der Waals surface area (Å²) in [5.41, 5.74) is 2.04. The van der Waals surface area contributed by atoms with Crippen molar-refractivity contribution in [2.75, 3.05) is 13.2 Å². The van der Waals surface area contributed by atoms with Gasteiger partial charge in [-0.1, -0.05) is 13.0 Å². The molecule has 1 unspecified atom stereocenters. The second-order valence-electron chi connectivity index (χ2n) is 5.60. The van der Waals surface area contributed by atoms with E-state index >= 15 is 0 Å². The van der Waals surface area contributed by atoms with Crippen LogP contribution >= 0.6 is 0 Å². The van der Waals surface area contributed by atoms with E-state index in [4.69, 9.17) is 10.00 Å². The molecule has 0 bridgehead atoms. The fourth-order valence-electron chi connectivity index (χ4n) is 2.36. The highest BCUT2D eigenvalue weighted by Crippen LogP contribution is 2.17. The molecule has 20 heavy (non-hydrogen) atoms. The Labute approximate surface area is 123 Å². The predicted molar refractivity (Wildman–Crippen MR) is 83.0 cm³/mol. The number of benzene rings is 1. The minimum absolute atomic E-state index is 0.408. The van der Waals surface area contributed by atoms with E-state index in [0.717, 1.165) is 31.6 Å². The number of nitrogens with one attached hydrogen (secondary N) is 1. The van der Waals surface area contributed by atoms with E-state index in [1.165, 1.54) is 11.1 Å². The van der Waals surface area contributed by atoms with E-state index in [0.29, 0.717) is 6.61 Å². The molecule has 0 saturated carbocycles. The molecule has 1 aromatic rings. The van der Waals surface area contributed by atoms with E-state index in [2.05, 4.69) is 43.4 Å². The largest absolute Gasteiger partial charge is 0.494 e. The van der Waals surface area contributed by atoms with Crippen LogP contribution in [0.5, 0.6) is 5.75 Å². The number of nitriles is 1. The van der Waals surface area contributed by atoms with Crippen molar-refractivity contribution >= 4 is 0 Å². The Morgan fingerprint density at radius 2 is 1.85 bits per heavy atom. The maximum absolute atomic E-state index is 9.17. The molecule has 1 rings (SSSR count). The molecule has 3 heteroatoms. The van der Waals surface area contributed by atoms with E-state index < -0.39 is 5.54 Å². The molecule has 0 fully saturated rings. The average Bonchev–Trinajstić information content (AvgIpc) is 2.37. The first-order valence-corrected chi connectivity index (χ1v) is 7.36. The SMILES string of the molecule is CCNC(C)(C#N)CCCCOc1cc(C)cc(C)c1. The fourth-order valence-corrected chi connectivity index (χ4v) is 2.36. The van der Waals surface area contributed by atoms with Crippen molar-refractivity contribution in [1.82, 2.24) is 5.32 Å². The van der Waals surface area contributed by atoms with Crippen LogP contribution in [0.25, 0.3) is 0 Å². The second kappa shape index (κ2) is 7.91. The third kappa shape index (κ3) is 5.63. The molecule has 0 saturated heterocycles. The first kappa shape index (κ1) is 16.5. The van der Waals surface area contributed by atoms with Crippen LogP contribution in [0.4, 0.5) is 0 Å². The van der Waals surface area contributed by atoms with Gasteiger partial charge in [-0.3, -0.25) is 5.32 Å². The van der Waals surface area contributed by atoms with Gasteiger partial charge in [0.05, 0.1) is 12.7 Å². The van der Waals surface area contributed by atoms with Gasteiger partial charge in [0.1, 0.15) is 11.3 Å². The Morgan fingerprint density at radius 3 is 2.40 bits per heavy atom. The molecule has 0 aliphatic carbocycles. The second-order valence-corrected chi connectivity index (χ2v) is 5.60. The highest BCUT2D eigenvalue weighted by molar-refractivity contribution is 5.32. The van der Waals surface area contributed by atoms with Crippen molar-refractivity contribution in [3.8, 4) is 11.8 Å². The summed E-state index contributed by atoms with van der Waals surface area (Å²) in [6.45, 7) is 9.67. The first-order chi connectivity index (χ1) is 9.49. The third-order valence-electron chi connectivity index (χ3n) is 3.35. The minimum Gasteiger partial charge on any atom is -0.494 e. The Kier molecular flexibility index (Phi) is 6.54. The van der Waals surface area contributed by atoms with Gasteiger partial charge in [-0.15, -0.1) is 0 Å².